The third-order valence-electron chi connectivity index (χ3n) is 5.41. The first-order valence-corrected chi connectivity index (χ1v) is 10.0. The van der Waals surface area contributed by atoms with Gasteiger partial charge in [-0.1, -0.05) is 55.8 Å². The molecule has 1 aliphatic carbocycles. The van der Waals surface area contributed by atoms with Gasteiger partial charge in [-0.05, 0) is 55.2 Å². The Balaban J connectivity index is 0.000000640. The maximum atomic E-state index is 14.5. The smallest absolute Gasteiger partial charge is 0.206 e. The fourth-order valence-corrected chi connectivity index (χ4v) is 3.58. The van der Waals surface area contributed by atoms with Gasteiger partial charge < -0.3 is 10.6 Å². The summed E-state index contributed by atoms with van der Waals surface area (Å²) in [5.74, 6) is -0.135. The first kappa shape index (κ1) is 22.1. The summed E-state index contributed by atoms with van der Waals surface area (Å²) in [5.41, 5.74) is 4.29. The number of hydrogen-bond donors (Lipinski definition) is 2. The van der Waals surface area contributed by atoms with Gasteiger partial charge in [-0.2, -0.15) is 0 Å². The second-order valence-electron chi connectivity index (χ2n) is 8.41. The number of carbonyl (C=O) groups is 1. The SMILES string of the molecule is CNC=O.Cc1cccc(-c2ccc(CNC3CCC(C)(C)CC3)cc2F)c1. The summed E-state index contributed by atoms with van der Waals surface area (Å²) in [5, 5.41) is 5.85. The van der Waals surface area contributed by atoms with Crippen LogP contribution in [0.4, 0.5) is 4.39 Å². The first-order chi connectivity index (χ1) is 13.3. The molecule has 3 nitrogen and oxygen atoms in total. The molecule has 4 heteroatoms. The molecule has 0 unspecified atom stereocenters. The number of hydrogen-bond acceptors (Lipinski definition) is 2. The minimum absolute atomic E-state index is 0.135. The lowest BCUT2D eigenvalue weighted by Crippen LogP contribution is -2.35. The van der Waals surface area contributed by atoms with Crippen molar-refractivity contribution in [3.8, 4) is 11.1 Å². The average molecular weight is 385 g/mol. The molecule has 2 N–H and O–H groups in total. The molecule has 152 valence electrons. The van der Waals surface area contributed by atoms with Crippen LogP contribution in [0.3, 0.4) is 0 Å². The van der Waals surface area contributed by atoms with Crippen LogP contribution in [0.15, 0.2) is 42.5 Å². The molecular formula is C24H33FN2O. The molecule has 1 fully saturated rings. The quantitative estimate of drug-likeness (QED) is 0.694. The van der Waals surface area contributed by atoms with E-state index in [-0.39, 0.29) is 5.82 Å². The van der Waals surface area contributed by atoms with Crippen LogP contribution in [0.25, 0.3) is 11.1 Å². The van der Waals surface area contributed by atoms with Crippen LogP contribution < -0.4 is 10.6 Å². The Morgan fingerprint density at radius 2 is 1.82 bits per heavy atom. The van der Waals surface area contributed by atoms with Crippen molar-refractivity contribution in [1.29, 1.82) is 0 Å². The number of nitrogens with one attached hydrogen (secondary N) is 2. The molecule has 1 aliphatic rings. The lowest BCUT2D eigenvalue weighted by molar-refractivity contribution is -0.109. The number of carbonyl (C=O) groups excluding carboxylic acids is 1. The van der Waals surface area contributed by atoms with Crippen LogP contribution in [-0.2, 0) is 11.3 Å². The van der Waals surface area contributed by atoms with Gasteiger partial charge in [0.1, 0.15) is 5.82 Å². The number of halogens is 1. The van der Waals surface area contributed by atoms with Gasteiger partial charge in [0.05, 0.1) is 0 Å². The lowest BCUT2D eigenvalue weighted by Gasteiger charge is -2.34. The molecule has 0 bridgehead atoms. The van der Waals surface area contributed by atoms with Crippen LogP contribution in [0, 0.1) is 18.2 Å². The van der Waals surface area contributed by atoms with Crippen LogP contribution in [-0.4, -0.2) is 19.5 Å². The van der Waals surface area contributed by atoms with Gasteiger partial charge in [0.25, 0.3) is 0 Å². The summed E-state index contributed by atoms with van der Waals surface area (Å²) in [4.78, 5) is 9.06. The zero-order valence-electron chi connectivity index (χ0n) is 17.5. The average Bonchev–Trinajstić information content (AvgIpc) is 2.67. The predicted molar refractivity (Wildman–Crippen MR) is 115 cm³/mol. The van der Waals surface area contributed by atoms with E-state index < -0.39 is 0 Å². The molecule has 0 spiro atoms. The highest BCUT2D eigenvalue weighted by Gasteiger charge is 2.26. The van der Waals surface area contributed by atoms with E-state index >= 15 is 0 Å². The summed E-state index contributed by atoms with van der Waals surface area (Å²) in [6.07, 6.45) is 5.60. The molecule has 0 heterocycles. The summed E-state index contributed by atoms with van der Waals surface area (Å²) < 4.78 is 14.5. The highest BCUT2D eigenvalue weighted by Crippen LogP contribution is 2.35. The van der Waals surface area contributed by atoms with Crippen LogP contribution in [0.2, 0.25) is 0 Å². The molecular weight excluding hydrogens is 351 g/mol. The second-order valence-corrected chi connectivity index (χ2v) is 8.41. The Morgan fingerprint density at radius 3 is 2.39 bits per heavy atom. The molecule has 0 aromatic heterocycles. The van der Waals surface area contributed by atoms with E-state index in [0.717, 1.165) is 23.2 Å². The molecule has 0 saturated heterocycles. The first-order valence-electron chi connectivity index (χ1n) is 10.0. The summed E-state index contributed by atoms with van der Waals surface area (Å²) >= 11 is 0. The molecule has 2 aromatic carbocycles. The lowest BCUT2D eigenvalue weighted by atomic mass is 9.75. The summed E-state index contributed by atoms with van der Waals surface area (Å²) in [7, 11) is 1.56. The largest absolute Gasteiger partial charge is 0.362 e. The third kappa shape index (κ3) is 6.75. The highest BCUT2D eigenvalue weighted by molar-refractivity contribution is 5.65. The van der Waals surface area contributed by atoms with E-state index in [1.165, 1.54) is 25.7 Å². The van der Waals surface area contributed by atoms with Crippen LogP contribution >= 0.6 is 0 Å². The van der Waals surface area contributed by atoms with Crippen molar-refractivity contribution in [2.24, 2.45) is 5.41 Å². The number of benzene rings is 2. The molecule has 28 heavy (non-hydrogen) atoms. The maximum absolute atomic E-state index is 14.5. The van der Waals surface area contributed by atoms with Gasteiger partial charge in [-0.3, -0.25) is 4.79 Å². The standard InChI is InChI=1S/C22H28FN.C2H5NO/c1-16-5-4-6-18(13-16)20-8-7-17(14-21(20)23)15-24-19-9-11-22(2,3)12-10-19;1-3-2-4/h4-8,13-14,19,24H,9-12,15H2,1-3H3;2H,1H3,(H,3,4). The minimum Gasteiger partial charge on any atom is -0.362 e. The minimum atomic E-state index is -0.135. The van der Waals surface area contributed by atoms with Crippen molar-refractivity contribution >= 4 is 6.41 Å². The van der Waals surface area contributed by atoms with Gasteiger partial charge in [0.15, 0.2) is 0 Å². The number of amides is 1. The molecule has 1 amide bonds. The normalized spacial score (nSPS) is 16.0. The van der Waals surface area contributed by atoms with Crippen molar-refractivity contribution in [2.45, 2.75) is 59.0 Å². The van der Waals surface area contributed by atoms with Gasteiger partial charge in [0, 0.05) is 25.2 Å². The van der Waals surface area contributed by atoms with E-state index in [9.17, 15) is 4.39 Å². The van der Waals surface area contributed by atoms with Crippen molar-refractivity contribution < 1.29 is 9.18 Å². The summed E-state index contributed by atoms with van der Waals surface area (Å²) in [6, 6.07) is 14.2. The molecule has 0 aliphatic heterocycles. The fourth-order valence-electron chi connectivity index (χ4n) is 3.58. The van der Waals surface area contributed by atoms with Crippen molar-refractivity contribution in [3.63, 3.8) is 0 Å². The topological polar surface area (TPSA) is 41.1 Å². The van der Waals surface area contributed by atoms with E-state index in [4.69, 9.17) is 4.79 Å². The third-order valence-corrected chi connectivity index (χ3v) is 5.41. The van der Waals surface area contributed by atoms with E-state index in [1.54, 1.807) is 13.1 Å². The van der Waals surface area contributed by atoms with Gasteiger partial charge >= 0.3 is 0 Å². The van der Waals surface area contributed by atoms with E-state index in [2.05, 4.69) is 24.5 Å². The van der Waals surface area contributed by atoms with Crippen molar-refractivity contribution in [3.05, 3.63) is 59.4 Å². The van der Waals surface area contributed by atoms with Gasteiger partial charge in [0.2, 0.25) is 6.41 Å². The predicted octanol–water partition coefficient (Wildman–Crippen LogP) is 5.22. The monoisotopic (exact) mass is 384 g/mol. The van der Waals surface area contributed by atoms with Crippen LogP contribution in [0.5, 0.6) is 0 Å². The van der Waals surface area contributed by atoms with Crippen LogP contribution in [0.1, 0.15) is 50.7 Å². The number of aryl methyl sites for hydroxylation is 1. The molecule has 0 radical (unpaired) electrons. The summed E-state index contributed by atoms with van der Waals surface area (Å²) in [6.45, 7) is 7.48. The fraction of sp³-hybridized carbons (Fsp3) is 0.458. The zero-order valence-corrected chi connectivity index (χ0v) is 17.5. The molecule has 1 saturated carbocycles. The maximum Gasteiger partial charge on any atom is 0.206 e. The molecule has 3 rings (SSSR count). The molecule has 2 aromatic rings. The van der Waals surface area contributed by atoms with Crippen molar-refractivity contribution in [2.75, 3.05) is 7.05 Å². The van der Waals surface area contributed by atoms with Crippen molar-refractivity contribution in [1.82, 2.24) is 10.6 Å². The van der Waals surface area contributed by atoms with Gasteiger partial charge in [-0.25, -0.2) is 4.39 Å². The Hall–Kier alpha value is -2.20. The Bertz CT molecular complexity index is 763. The highest BCUT2D eigenvalue weighted by atomic mass is 19.1. The second kappa shape index (κ2) is 10.4. The van der Waals surface area contributed by atoms with Gasteiger partial charge in [-0.15, -0.1) is 0 Å². The van der Waals surface area contributed by atoms with E-state index in [0.29, 0.717) is 23.4 Å². The zero-order chi connectivity index (χ0) is 20.6. The van der Waals surface area contributed by atoms with E-state index in [1.807, 2.05) is 43.3 Å². The Kier molecular flexibility index (Phi) is 8.18. The number of rotatable bonds is 5. The molecule has 0 atom stereocenters. The Morgan fingerprint density at radius 1 is 1.14 bits per heavy atom. The Labute approximate surface area is 168 Å².